The third-order valence-electron chi connectivity index (χ3n) is 3.78. The van der Waals surface area contributed by atoms with Gasteiger partial charge in [-0.05, 0) is 50.9 Å². The topological polar surface area (TPSA) is 59.5 Å². The lowest BCUT2D eigenvalue weighted by Gasteiger charge is -2.29. The van der Waals surface area contributed by atoms with Crippen molar-refractivity contribution in [3.8, 4) is 0 Å². The van der Waals surface area contributed by atoms with Crippen LogP contribution >= 0.6 is 0 Å². The lowest BCUT2D eigenvalue weighted by molar-refractivity contribution is 0.208. The molecule has 18 heavy (non-hydrogen) atoms. The van der Waals surface area contributed by atoms with Crippen molar-refractivity contribution in [2.75, 3.05) is 25.9 Å². The van der Waals surface area contributed by atoms with Gasteiger partial charge in [0.1, 0.15) is 11.8 Å². The second-order valence-corrected chi connectivity index (χ2v) is 5.24. The minimum Gasteiger partial charge on any atom is -0.382 e. The van der Waals surface area contributed by atoms with E-state index in [9.17, 15) is 0 Å². The van der Waals surface area contributed by atoms with E-state index in [0.29, 0.717) is 5.82 Å². The molecule has 0 bridgehead atoms. The van der Waals surface area contributed by atoms with E-state index in [4.69, 9.17) is 5.73 Å². The monoisotopic (exact) mass is 245 g/mol. The number of nitrogens with two attached hydrogens (primary N) is 1. The highest BCUT2D eigenvalue weighted by atomic mass is 15.3. The van der Waals surface area contributed by atoms with Crippen molar-refractivity contribution in [1.82, 2.24) is 19.5 Å². The van der Waals surface area contributed by atoms with Gasteiger partial charge >= 0.3 is 0 Å². The van der Waals surface area contributed by atoms with Crippen LogP contribution in [0.25, 0.3) is 5.52 Å². The first-order valence-electron chi connectivity index (χ1n) is 6.49. The zero-order valence-corrected chi connectivity index (χ0v) is 10.7. The Bertz CT molecular complexity index is 547. The first-order chi connectivity index (χ1) is 8.74. The average molecular weight is 245 g/mol. The number of nitrogen functional groups attached to an aromatic ring is 1. The molecular weight excluding hydrogens is 226 g/mol. The lowest BCUT2D eigenvalue weighted by atomic mass is 9.94. The minimum absolute atomic E-state index is 0.553. The maximum Gasteiger partial charge on any atom is 0.151 e. The first kappa shape index (κ1) is 11.5. The van der Waals surface area contributed by atoms with Gasteiger partial charge in [0.05, 0.1) is 0 Å². The molecule has 0 aliphatic carbocycles. The van der Waals surface area contributed by atoms with Crippen molar-refractivity contribution in [2.45, 2.75) is 19.3 Å². The Morgan fingerprint density at radius 1 is 1.44 bits per heavy atom. The zero-order valence-electron chi connectivity index (χ0n) is 10.7. The van der Waals surface area contributed by atoms with Gasteiger partial charge in [-0.1, -0.05) is 0 Å². The maximum absolute atomic E-state index is 5.84. The largest absolute Gasteiger partial charge is 0.382 e. The van der Waals surface area contributed by atoms with Crippen LogP contribution in [0.3, 0.4) is 0 Å². The van der Waals surface area contributed by atoms with Gasteiger partial charge in [-0.25, -0.2) is 9.50 Å². The fourth-order valence-electron chi connectivity index (χ4n) is 2.90. The van der Waals surface area contributed by atoms with Crippen LogP contribution in [0.15, 0.2) is 18.5 Å². The number of hydrogen-bond donors (Lipinski definition) is 1. The summed E-state index contributed by atoms with van der Waals surface area (Å²) in [5, 5.41) is 4.30. The predicted molar refractivity (Wildman–Crippen MR) is 71.3 cm³/mol. The van der Waals surface area contributed by atoms with Crippen LogP contribution in [0.5, 0.6) is 0 Å². The van der Waals surface area contributed by atoms with Crippen LogP contribution in [0.4, 0.5) is 5.82 Å². The van der Waals surface area contributed by atoms with Crippen LogP contribution in [0.1, 0.15) is 18.5 Å². The molecule has 0 radical (unpaired) electrons. The van der Waals surface area contributed by atoms with Crippen molar-refractivity contribution in [3.63, 3.8) is 0 Å². The summed E-state index contributed by atoms with van der Waals surface area (Å²) in [6.07, 6.45) is 5.19. The summed E-state index contributed by atoms with van der Waals surface area (Å²) < 4.78 is 1.93. The molecule has 5 nitrogen and oxygen atoms in total. The van der Waals surface area contributed by atoms with Crippen LogP contribution < -0.4 is 5.73 Å². The molecule has 5 heteroatoms. The number of likely N-dealkylation sites (tertiary alicyclic amines) is 1. The van der Waals surface area contributed by atoms with Gasteiger partial charge in [0.2, 0.25) is 0 Å². The van der Waals surface area contributed by atoms with E-state index in [-0.39, 0.29) is 0 Å². The Hall–Kier alpha value is -1.62. The smallest absolute Gasteiger partial charge is 0.151 e. The Morgan fingerprint density at radius 3 is 3.17 bits per heavy atom. The molecule has 2 aromatic heterocycles. The van der Waals surface area contributed by atoms with Gasteiger partial charge in [-0.3, -0.25) is 0 Å². The Labute approximate surface area is 107 Å². The van der Waals surface area contributed by atoms with E-state index in [1.807, 2.05) is 10.6 Å². The Balaban J connectivity index is 1.84. The van der Waals surface area contributed by atoms with Crippen molar-refractivity contribution < 1.29 is 0 Å². The summed E-state index contributed by atoms with van der Waals surface area (Å²) in [5.41, 5.74) is 7.99. The second-order valence-electron chi connectivity index (χ2n) is 5.24. The molecule has 1 aliphatic heterocycles. The summed E-state index contributed by atoms with van der Waals surface area (Å²) in [6, 6.07) is 4.13. The Morgan fingerprint density at radius 2 is 2.33 bits per heavy atom. The fraction of sp³-hybridized carbons (Fsp3) is 0.538. The normalized spacial score (nSPS) is 21.5. The minimum atomic E-state index is 0.553. The van der Waals surface area contributed by atoms with Crippen LogP contribution in [0, 0.1) is 5.92 Å². The van der Waals surface area contributed by atoms with Crippen LogP contribution in [-0.4, -0.2) is 39.6 Å². The van der Waals surface area contributed by atoms with E-state index >= 15 is 0 Å². The molecule has 1 aliphatic rings. The molecule has 96 valence electrons. The molecule has 0 amide bonds. The molecule has 2 N–H and O–H groups in total. The average Bonchev–Trinajstić information content (AvgIpc) is 2.74. The van der Waals surface area contributed by atoms with Crippen molar-refractivity contribution in [2.24, 2.45) is 5.92 Å². The standard InChI is InChI=1S/C13H19N5/c1-17-6-2-3-10(8-17)7-11-4-5-12-13(14)15-9-16-18(11)12/h4-5,9-10H,2-3,6-8H2,1H3,(H2,14,15,16). The molecule has 1 unspecified atom stereocenters. The number of hydrogen-bond acceptors (Lipinski definition) is 4. The number of nitrogens with zero attached hydrogens (tertiary/aromatic N) is 4. The molecule has 0 saturated carbocycles. The summed E-state index contributed by atoms with van der Waals surface area (Å²) in [6.45, 7) is 2.40. The zero-order chi connectivity index (χ0) is 12.5. The molecule has 1 atom stereocenters. The van der Waals surface area contributed by atoms with Gasteiger partial charge in [0.15, 0.2) is 5.82 Å². The second kappa shape index (κ2) is 4.57. The van der Waals surface area contributed by atoms with E-state index in [1.165, 1.54) is 38.0 Å². The van der Waals surface area contributed by atoms with Gasteiger partial charge < -0.3 is 10.6 Å². The molecule has 2 aromatic rings. The van der Waals surface area contributed by atoms with Gasteiger partial charge in [-0.2, -0.15) is 5.10 Å². The molecule has 0 spiro atoms. The first-order valence-corrected chi connectivity index (χ1v) is 6.49. The van der Waals surface area contributed by atoms with Gasteiger partial charge in [0.25, 0.3) is 0 Å². The maximum atomic E-state index is 5.84. The third kappa shape index (κ3) is 2.06. The van der Waals surface area contributed by atoms with E-state index in [2.05, 4.69) is 28.1 Å². The number of piperidine rings is 1. The highest BCUT2D eigenvalue weighted by molar-refractivity contribution is 5.65. The number of anilines is 1. The SMILES string of the molecule is CN1CCCC(Cc2ccc3c(N)ncnn23)C1. The summed E-state index contributed by atoms with van der Waals surface area (Å²) in [5.74, 6) is 1.27. The van der Waals surface area contributed by atoms with Crippen LogP contribution in [0.2, 0.25) is 0 Å². The highest BCUT2D eigenvalue weighted by Gasteiger charge is 2.19. The van der Waals surface area contributed by atoms with Crippen molar-refractivity contribution >= 4 is 11.3 Å². The molecule has 1 fully saturated rings. The van der Waals surface area contributed by atoms with Gasteiger partial charge in [-0.15, -0.1) is 0 Å². The molecule has 1 saturated heterocycles. The van der Waals surface area contributed by atoms with E-state index in [0.717, 1.165) is 17.9 Å². The summed E-state index contributed by atoms with van der Waals surface area (Å²) >= 11 is 0. The number of fused-ring (bicyclic) bond motifs is 1. The quantitative estimate of drug-likeness (QED) is 0.863. The predicted octanol–water partition coefficient (Wildman–Crippen LogP) is 1.20. The lowest BCUT2D eigenvalue weighted by Crippen LogP contribution is -2.33. The number of rotatable bonds is 2. The fourth-order valence-corrected chi connectivity index (χ4v) is 2.90. The molecule has 3 heterocycles. The summed E-state index contributed by atoms with van der Waals surface area (Å²) in [7, 11) is 2.20. The highest BCUT2D eigenvalue weighted by Crippen LogP contribution is 2.21. The van der Waals surface area contributed by atoms with E-state index in [1.54, 1.807) is 0 Å². The van der Waals surface area contributed by atoms with Gasteiger partial charge in [0, 0.05) is 12.2 Å². The van der Waals surface area contributed by atoms with Crippen LogP contribution in [-0.2, 0) is 6.42 Å². The van der Waals surface area contributed by atoms with E-state index < -0.39 is 0 Å². The summed E-state index contributed by atoms with van der Waals surface area (Å²) in [4.78, 5) is 6.43. The van der Waals surface area contributed by atoms with Crippen molar-refractivity contribution in [1.29, 1.82) is 0 Å². The Kier molecular flexibility index (Phi) is 2.91. The molecule has 3 rings (SSSR count). The third-order valence-corrected chi connectivity index (χ3v) is 3.78. The number of aromatic nitrogens is 3. The molecular formula is C13H19N5. The molecule has 0 aromatic carbocycles. The van der Waals surface area contributed by atoms with Crippen molar-refractivity contribution in [3.05, 3.63) is 24.2 Å².